The van der Waals surface area contributed by atoms with Gasteiger partial charge in [-0.1, -0.05) is 31.0 Å². The molecule has 1 aliphatic rings. The minimum Gasteiger partial charge on any atom is -0.405 e. The first-order chi connectivity index (χ1) is 9.97. The molecule has 1 aromatic carbocycles. The van der Waals surface area contributed by atoms with Gasteiger partial charge >= 0.3 is 12.9 Å². The molecule has 21 heavy (non-hydrogen) atoms. The van der Waals surface area contributed by atoms with Crippen LogP contribution < -0.4 is 10.0 Å². The Labute approximate surface area is 128 Å². The van der Waals surface area contributed by atoms with Crippen LogP contribution in [-0.2, 0) is 18.7 Å². The molecule has 1 N–H and O–H groups in total. The van der Waals surface area contributed by atoms with Gasteiger partial charge in [-0.25, -0.2) is 9.36 Å². The fourth-order valence-electron chi connectivity index (χ4n) is 2.33. The zero-order valence-electron chi connectivity index (χ0n) is 11.6. The third kappa shape index (κ3) is 4.20. The summed E-state index contributed by atoms with van der Waals surface area (Å²) in [6.45, 7) is -4.06. The number of para-hydroxylation sites is 1. The second kappa shape index (κ2) is 6.79. The van der Waals surface area contributed by atoms with Crippen molar-refractivity contribution in [2.24, 2.45) is 0 Å². The lowest BCUT2D eigenvalue weighted by Gasteiger charge is -2.27. The number of hydrogen-bond acceptors (Lipinski definition) is 6. The van der Waals surface area contributed by atoms with Crippen molar-refractivity contribution in [2.75, 3.05) is 7.11 Å². The molecular formula is C13H17ClNO5P. The lowest BCUT2D eigenvalue weighted by atomic mass is 10.00. The number of carbonyl (C=O) groups is 1. The second-order valence-corrected chi connectivity index (χ2v) is 7.28. The first-order valence-corrected chi connectivity index (χ1v) is 9.01. The van der Waals surface area contributed by atoms with E-state index in [1.165, 1.54) is 7.11 Å². The van der Waals surface area contributed by atoms with Gasteiger partial charge in [-0.2, -0.15) is 5.48 Å². The summed E-state index contributed by atoms with van der Waals surface area (Å²) in [4.78, 5) is 17.1. The molecular weight excluding hydrogens is 317 g/mol. The van der Waals surface area contributed by atoms with E-state index in [2.05, 4.69) is 5.48 Å². The highest BCUT2D eigenvalue weighted by Crippen LogP contribution is 2.54. The lowest BCUT2D eigenvalue weighted by Crippen LogP contribution is -2.49. The van der Waals surface area contributed by atoms with Crippen LogP contribution in [0.15, 0.2) is 30.3 Å². The molecule has 1 atom stereocenters. The van der Waals surface area contributed by atoms with Gasteiger partial charge in [0.1, 0.15) is 11.3 Å². The number of carbonyl (C=O) groups excluding carboxylic acids is 1. The summed E-state index contributed by atoms with van der Waals surface area (Å²) < 4.78 is 22.1. The van der Waals surface area contributed by atoms with Gasteiger partial charge in [-0.15, -0.1) is 0 Å². The molecule has 1 fully saturated rings. The van der Waals surface area contributed by atoms with Gasteiger partial charge in [0.05, 0.1) is 7.11 Å². The van der Waals surface area contributed by atoms with Crippen molar-refractivity contribution in [1.29, 1.82) is 0 Å². The number of nitrogens with one attached hydrogen (secondary N) is 1. The zero-order chi connectivity index (χ0) is 15.3. The maximum atomic E-state index is 12.3. The van der Waals surface area contributed by atoms with Crippen LogP contribution in [0.4, 0.5) is 0 Å². The van der Waals surface area contributed by atoms with Crippen LogP contribution in [0.25, 0.3) is 0 Å². The molecule has 1 unspecified atom stereocenters. The van der Waals surface area contributed by atoms with Crippen LogP contribution in [0, 0.1) is 0 Å². The van der Waals surface area contributed by atoms with Gasteiger partial charge in [-0.05, 0) is 25.0 Å². The monoisotopic (exact) mass is 333 g/mol. The first-order valence-electron chi connectivity index (χ1n) is 6.56. The molecule has 6 nitrogen and oxygen atoms in total. The van der Waals surface area contributed by atoms with E-state index in [1.54, 1.807) is 30.3 Å². The Balaban J connectivity index is 2.05. The molecule has 0 aromatic heterocycles. The first kappa shape index (κ1) is 16.3. The fraction of sp³-hybridized carbons (Fsp3) is 0.462. The average molecular weight is 334 g/mol. The molecule has 2 rings (SSSR count). The fourth-order valence-corrected chi connectivity index (χ4v) is 3.54. The predicted octanol–water partition coefficient (Wildman–Crippen LogP) is 3.42. The second-order valence-electron chi connectivity index (χ2n) is 4.81. The molecule has 0 aliphatic heterocycles. The molecule has 8 heteroatoms. The predicted molar refractivity (Wildman–Crippen MR) is 78.0 cm³/mol. The Hall–Kier alpha value is -1.07. The van der Waals surface area contributed by atoms with Gasteiger partial charge < -0.3 is 13.9 Å². The highest BCUT2D eigenvalue weighted by atomic mass is 35.7. The van der Waals surface area contributed by atoms with Crippen molar-refractivity contribution in [2.45, 2.75) is 31.2 Å². The van der Waals surface area contributed by atoms with Crippen molar-refractivity contribution in [3.8, 4) is 5.75 Å². The Morgan fingerprint density at radius 2 is 1.90 bits per heavy atom. The molecule has 0 heterocycles. The van der Waals surface area contributed by atoms with Gasteiger partial charge in [0.15, 0.2) is 0 Å². The molecule has 1 saturated carbocycles. The van der Waals surface area contributed by atoms with Crippen LogP contribution in [0.1, 0.15) is 25.7 Å². The standard InChI is InChI=1S/C13H17ClNO5P/c1-18-15-13(9-5-6-10-13)12(16)20-21(14,17)19-11-7-3-2-4-8-11/h2-4,7-8,15H,5-6,9-10H2,1H3. The van der Waals surface area contributed by atoms with E-state index < -0.39 is 18.5 Å². The van der Waals surface area contributed by atoms with E-state index in [4.69, 9.17) is 25.1 Å². The van der Waals surface area contributed by atoms with E-state index in [0.717, 1.165) is 12.8 Å². The van der Waals surface area contributed by atoms with Gasteiger partial charge in [0.25, 0.3) is 0 Å². The zero-order valence-corrected chi connectivity index (χ0v) is 13.2. The summed E-state index contributed by atoms with van der Waals surface area (Å²) in [5, 5.41) is 0. The Morgan fingerprint density at radius 3 is 2.48 bits per heavy atom. The van der Waals surface area contributed by atoms with E-state index in [0.29, 0.717) is 12.8 Å². The molecule has 1 aromatic rings. The molecule has 0 spiro atoms. The minimum atomic E-state index is -4.06. The largest absolute Gasteiger partial charge is 0.532 e. The topological polar surface area (TPSA) is 73.9 Å². The van der Waals surface area contributed by atoms with Gasteiger partial charge in [0, 0.05) is 11.2 Å². The average Bonchev–Trinajstić information content (AvgIpc) is 2.89. The highest BCUT2D eigenvalue weighted by Gasteiger charge is 2.46. The normalized spacial score (nSPS) is 19.7. The smallest absolute Gasteiger partial charge is 0.405 e. The summed E-state index contributed by atoms with van der Waals surface area (Å²) in [6, 6.07) is 8.30. The SMILES string of the molecule is CONC1(C(=O)OP(=O)(Cl)Oc2ccccc2)CCCC1. The lowest BCUT2D eigenvalue weighted by molar-refractivity contribution is -0.148. The van der Waals surface area contributed by atoms with Gasteiger partial charge in [0.2, 0.25) is 0 Å². The maximum Gasteiger partial charge on any atom is 0.532 e. The summed E-state index contributed by atoms with van der Waals surface area (Å²) >= 11 is 5.73. The summed E-state index contributed by atoms with van der Waals surface area (Å²) in [5.41, 5.74) is 1.62. The number of hydroxylamine groups is 1. The van der Waals surface area contributed by atoms with Crippen LogP contribution in [0.5, 0.6) is 5.75 Å². The van der Waals surface area contributed by atoms with Crippen molar-refractivity contribution in [3.63, 3.8) is 0 Å². The Morgan fingerprint density at radius 1 is 1.29 bits per heavy atom. The summed E-state index contributed by atoms with van der Waals surface area (Å²) in [5.74, 6) is -0.458. The summed E-state index contributed by atoms with van der Waals surface area (Å²) in [6.07, 6.45) is 2.75. The van der Waals surface area contributed by atoms with E-state index >= 15 is 0 Å². The minimum absolute atomic E-state index is 0.267. The highest BCUT2D eigenvalue weighted by molar-refractivity contribution is 7.82. The van der Waals surface area contributed by atoms with Crippen molar-refractivity contribution in [1.82, 2.24) is 5.48 Å². The van der Waals surface area contributed by atoms with Crippen molar-refractivity contribution < 1.29 is 23.2 Å². The third-order valence-electron chi connectivity index (χ3n) is 3.29. The molecule has 0 amide bonds. The van der Waals surface area contributed by atoms with Crippen LogP contribution in [0.2, 0.25) is 0 Å². The van der Waals surface area contributed by atoms with E-state index in [1.807, 2.05) is 0 Å². The molecule has 0 saturated heterocycles. The van der Waals surface area contributed by atoms with Crippen LogP contribution >= 0.6 is 18.2 Å². The summed E-state index contributed by atoms with van der Waals surface area (Å²) in [7, 11) is 1.41. The van der Waals surface area contributed by atoms with Gasteiger partial charge in [-0.3, -0.25) is 0 Å². The molecule has 116 valence electrons. The quantitative estimate of drug-likeness (QED) is 0.635. The molecule has 0 radical (unpaired) electrons. The van der Waals surface area contributed by atoms with Crippen LogP contribution in [-0.4, -0.2) is 18.6 Å². The van der Waals surface area contributed by atoms with Crippen LogP contribution in [0.3, 0.4) is 0 Å². The van der Waals surface area contributed by atoms with E-state index in [9.17, 15) is 9.36 Å². The number of rotatable bonds is 6. The maximum absolute atomic E-state index is 12.3. The Bertz CT molecular complexity index is 533. The third-order valence-corrected chi connectivity index (χ3v) is 4.52. The van der Waals surface area contributed by atoms with Crippen molar-refractivity contribution >= 4 is 24.2 Å². The molecule has 0 bridgehead atoms. The molecule has 1 aliphatic carbocycles. The number of halogens is 1. The Kier molecular flexibility index (Phi) is 5.27. The van der Waals surface area contributed by atoms with Crippen molar-refractivity contribution in [3.05, 3.63) is 30.3 Å². The van der Waals surface area contributed by atoms with E-state index in [-0.39, 0.29) is 5.75 Å². The number of hydrogen-bond donors (Lipinski definition) is 1. The number of benzene rings is 1.